The number of carbonyl (C=O) groups is 1. The lowest BCUT2D eigenvalue weighted by Crippen LogP contribution is -2.26. The molecule has 144 valence electrons. The van der Waals surface area contributed by atoms with Crippen molar-refractivity contribution in [1.29, 1.82) is 0 Å². The molecule has 2 N–H and O–H groups in total. The number of imidazole rings is 1. The maximum Gasteiger partial charge on any atom is 0.271 e. The highest BCUT2D eigenvalue weighted by Gasteiger charge is 2.27. The van der Waals surface area contributed by atoms with E-state index in [4.69, 9.17) is 9.47 Å². The molecule has 1 atom stereocenters. The smallest absolute Gasteiger partial charge is 0.271 e. The van der Waals surface area contributed by atoms with Gasteiger partial charge in [-0.2, -0.15) is 0 Å². The Morgan fingerprint density at radius 3 is 2.71 bits per heavy atom. The summed E-state index contributed by atoms with van der Waals surface area (Å²) in [5.41, 5.74) is 2.43. The molecule has 6 heteroatoms. The number of methoxy groups -OCH3 is 1. The van der Waals surface area contributed by atoms with Gasteiger partial charge in [-0.25, -0.2) is 4.98 Å². The van der Waals surface area contributed by atoms with Gasteiger partial charge in [0.05, 0.1) is 13.7 Å². The summed E-state index contributed by atoms with van der Waals surface area (Å²) in [4.78, 5) is 20.3. The van der Waals surface area contributed by atoms with Crippen LogP contribution in [0.1, 0.15) is 33.5 Å². The molecule has 0 unspecified atom stereocenters. The molecule has 0 spiro atoms. The molecule has 4 rings (SSSR count). The Labute approximate surface area is 163 Å². The zero-order chi connectivity index (χ0) is 19.3. The fraction of sp³-hybridized carbons (Fsp3) is 0.273. The van der Waals surface area contributed by atoms with E-state index in [2.05, 4.69) is 15.3 Å². The Kier molecular flexibility index (Phi) is 5.28. The minimum absolute atomic E-state index is 0.121. The van der Waals surface area contributed by atoms with Gasteiger partial charge in [0.2, 0.25) is 0 Å². The summed E-state index contributed by atoms with van der Waals surface area (Å²) in [5, 5.41) is 2.99. The number of rotatable bonds is 6. The SMILES string of the molecule is COc1ccccc1[C@H]1CNC(=O)c2nc(CCOc3ccccc3)[nH]c2C1. The molecule has 1 aliphatic rings. The van der Waals surface area contributed by atoms with E-state index < -0.39 is 0 Å². The van der Waals surface area contributed by atoms with Gasteiger partial charge in [-0.1, -0.05) is 36.4 Å². The molecule has 2 heterocycles. The van der Waals surface area contributed by atoms with E-state index in [1.807, 2.05) is 54.6 Å². The first-order valence-corrected chi connectivity index (χ1v) is 9.41. The quantitative estimate of drug-likeness (QED) is 0.692. The number of nitrogens with one attached hydrogen (secondary N) is 2. The zero-order valence-electron chi connectivity index (χ0n) is 15.8. The topological polar surface area (TPSA) is 76.2 Å². The third-order valence-corrected chi connectivity index (χ3v) is 4.93. The van der Waals surface area contributed by atoms with E-state index >= 15 is 0 Å². The fourth-order valence-electron chi connectivity index (χ4n) is 3.54. The van der Waals surface area contributed by atoms with E-state index in [0.29, 0.717) is 31.7 Å². The average Bonchev–Trinajstić information content (AvgIpc) is 3.07. The maximum atomic E-state index is 12.5. The number of nitrogens with zero attached hydrogens (tertiary/aromatic N) is 1. The Morgan fingerprint density at radius 2 is 1.89 bits per heavy atom. The number of amides is 1. The molecule has 6 nitrogen and oxygen atoms in total. The number of aromatic amines is 1. The zero-order valence-corrected chi connectivity index (χ0v) is 15.8. The van der Waals surface area contributed by atoms with Crippen molar-refractivity contribution in [3.05, 3.63) is 77.4 Å². The predicted molar refractivity (Wildman–Crippen MR) is 106 cm³/mol. The second-order valence-electron chi connectivity index (χ2n) is 6.78. The van der Waals surface area contributed by atoms with Gasteiger partial charge >= 0.3 is 0 Å². The first-order chi connectivity index (χ1) is 13.7. The van der Waals surface area contributed by atoms with Gasteiger partial charge in [-0.05, 0) is 30.2 Å². The van der Waals surface area contributed by atoms with Gasteiger partial charge in [-0.3, -0.25) is 4.79 Å². The summed E-state index contributed by atoms with van der Waals surface area (Å²) in [6, 6.07) is 17.6. The van der Waals surface area contributed by atoms with Gasteiger partial charge in [-0.15, -0.1) is 0 Å². The number of fused-ring (bicyclic) bond motifs is 1. The van der Waals surface area contributed by atoms with Crippen LogP contribution >= 0.6 is 0 Å². The van der Waals surface area contributed by atoms with Crippen LogP contribution in [-0.2, 0) is 12.8 Å². The van der Waals surface area contributed by atoms with Crippen molar-refractivity contribution in [2.24, 2.45) is 0 Å². The molecular formula is C22H23N3O3. The molecule has 1 aliphatic heterocycles. The standard InChI is InChI=1S/C22H23N3O3/c1-27-19-10-6-5-9-17(19)15-13-18-21(22(26)23-14-15)25-20(24-18)11-12-28-16-7-3-2-4-8-16/h2-10,15H,11-14H2,1H3,(H,23,26)(H,24,25)/t15-/m1/s1. The number of benzene rings is 2. The number of ether oxygens (including phenoxy) is 2. The van der Waals surface area contributed by atoms with Crippen LogP contribution in [0.2, 0.25) is 0 Å². The molecule has 0 aliphatic carbocycles. The molecule has 1 amide bonds. The lowest BCUT2D eigenvalue weighted by molar-refractivity contribution is 0.0950. The summed E-state index contributed by atoms with van der Waals surface area (Å²) in [7, 11) is 1.67. The first kappa shape index (κ1) is 18.1. The summed E-state index contributed by atoms with van der Waals surface area (Å²) < 4.78 is 11.2. The third-order valence-electron chi connectivity index (χ3n) is 4.93. The van der Waals surface area contributed by atoms with Crippen molar-refractivity contribution in [2.75, 3.05) is 20.3 Å². The molecule has 1 aromatic heterocycles. The van der Waals surface area contributed by atoms with E-state index in [1.165, 1.54) is 0 Å². The molecular weight excluding hydrogens is 354 g/mol. The van der Waals surface area contributed by atoms with Crippen LogP contribution in [0.5, 0.6) is 11.5 Å². The van der Waals surface area contributed by atoms with E-state index in [1.54, 1.807) is 7.11 Å². The van der Waals surface area contributed by atoms with Crippen LogP contribution in [0.3, 0.4) is 0 Å². The van der Waals surface area contributed by atoms with Crippen LogP contribution < -0.4 is 14.8 Å². The highest BCUT2D eigenvalue weighted by Crippen LogP contribution is 2.30. The van der Waals surface area contributed by atoms with Crippen molar-refractivity contribution in [3.63, 3.8) is 0 Å². The van der Waals surface area contributed by atoms with Crippen molar-refractivity contribution in [1.82, 2.24) is 15.3 Å². The van der Waals surface area contributed by atoms with Crippen LogP contribution in [0, 0.1) is 0 Å². The van der Waals surface area contributed by atoms with Crippen LogP contribution in [0.4, 0.5) is 0 Å². The lowest BCUT2D eigenvalue weighted by atomic mass is 9.93. The summed E-state index contributed by atoms with van der Waals surface area (Å²) >= 11 is 0. The second kappa shape index (κ2) is 8.17. The highest BCUT2D eigenvalue weighted by atomic mass is 16.5. The van der Waals surface area contributed by atoms with E-state index in [0.717, 1.165) is 28.6 Å². The lowest BCUT2D eigenvalue weighted by Gasteiger charge is -2.17. The van der Waals surface area contributed by atoms with Gasteiger partial charge in [0.1, 0.15) is 23.0 Å². The molecule has 0 saturated heterocycles. The van der Waals surface area contributed by atoms with Crippen molar-refractivity contribution in [3.8, 4) is 11.5 Å². The van der Waals surface area contributed by atoms with Crippen molar-refractivity contribution in [2.45, 2.75) is 18.8 Å². The summed E-state index contributed by atoms with van der Waals surface area (Å²) in [6.07, 6.45) is 1.30. The normalized spacial score (nSPS) is 16.0. The summed E-state index contributed by atoms with van der Waals surface area (Å²) in [5.74, 6) is 2.40. The molecule has 0 radical (unpaired) electrons. The number of para-hydroxylation sites is 2. The summed E-state index contributed by atoms with van der Waals surface area (Å²) in [6.45, 7) is 1.05. The van der Waals surface area contributed by atoms with Crippen LogP contribution in [0.15, 0.2) is 54.6 Å². The molecule has 2 aromatic carbocycles. The maximum absolute atomic E-state index is 12.5. The largest absolute Gasteiger partial charge is 0.496 e. The Hall–Kier alpha value is -3.28. The minimum Gasteiger partial charge on any atom is -0.496 e. The Morgan fingerprint density at radius 1 is 1.11 bits per heavy atom. The Bertz CT molecular complexity index is 953. The number of H-pyrrole nitrogens is 1. The van der Waals surface area contributed by atoms with Gasteiger partial charge in [0.25, 0.3) is 5.91 Å². The monoisotopic (exact) mass is 377 g/mol. The molecule has 0 fully saturated rings. The fourth-order valence-corrected chi connectivity index (χ4v) is 3.54. The molecule has 0 bridgehead atoms. The molecule has 28 heavy (non-hydrogen) atoms. The van der Waals surface area contributed by atoms with E-state index in [-0.39, 0.29) is 11.8 Å². The third kappa shape index (κ3) is 3.86. The predicted octanol–water partition coefficient (Wildman–Crippen LogP) is 3.11. The highest BCUT2D eigenvalue weighted by molar-refractivity contribution is 5.94. The van der Waals surface area contributed by atoms with Crippen molar-refractivity contribution < 1.29 is 14.3 Å². The number of aromatic nitrogens is 2. The number of carbonyl (C=O) groups excluding carboxylic acids is 1. The van der Waals surface area contributed by atoms with E-state index in [9.17, 15) is 4.79 Å². The second-order valence-corrected chi connectivity index (χ2v) is 6.78. The average molecular weight is 377 g/mol. The molecule has 3 aromatic rings. The minimum atomic E-state index is -0.140. The van der Waals surface area contributed by atoms with Gasteiger partial charge < -0.3 is 19.8 Å². The van der Waals surface area contributed by atoms with Gasteiger partial charge in [0, 0.05) is 24.6 Å². The van der Waals surface area contributed by atoms with Crippen LogP contribution in [0.25, 0.3) is 0 Å². The molecule has 0 saturated carbocycles. The van der Waals surface area contributed by atoms with Crippen LogP contribution in [-0.4, -0.2) is 36.1 Å². The number of hydrogen-bond donors (Lipinski definition) is 2. The Balaban J connectivity index is 1.49. The number of hydrogen-bond acceptors (Lipinski definition) is 4. The van der Waals surface area contributed by atoms with Gasteiger partial charge in [0.15, 0.2) is 0 Å². The first-order valence-electron chi connectivity index (χ1n) is 9.41. The van der Waals surface area contributed by atoms with Crippen molar-refractivity contribution >= 4 is 5.91 Å².